The van der Waals surface area contributed by atoms with Crippen molar-refractivity contribution < 1.29 is 28.2 Å². The van der Waals surface area contributed by atoms with Crippen LogP contribution in [-0.2, 0) is 16.0 Å². The molecule has 0 aliphatic carbocycles. The smallest absolute Gasteiger partial charge is 0.387 e. The summed E-state index contributed by atoms with van der Waals surface area (Å²) in [5.74, 6) is -0.968. The number of nitrogens with zero attached hydrogens (tertiary/aromatic N) is 1. The summed E-state index contributed by atoms with van der Waals surface area (Å²) < 4.78 is 28.7. The van der Waals surface area contributed by atoms with Gasteiger partial charge in [0.1, 0.15) is 5.75 Å². The first-order chi connectivity index (χ1) is 10.8. The Morgan fingerprint density at radius 3 is 2.78 bits per heavy atom. The second kappa shape index (κ2) is 6.93. The third-order valence-electron chi connectivity index (χ3n) is 4.09. The lowest BCUT2D eigenvalue weighted by Gasteiger charge is -2.20. The number of rotatable bonds is 6. The molecular formula is C16H19F2NO4. The van der Waals surface area contributed by atoms with Crippen LogP contribution in [0.15, 0.2) is 24.3 Å². The first-order valence-electron chi connectivity index (χ1n) is 7.35. The summed E-state index contributed by atoms with van der Waals surface area (Å²) in [4.78, 5) is 24.9. The van der Waals surface area contributed by atoms with Gasteiger partial charge in [0.15, 0.2) is 0 Å². The van der Waals surface area contributed by atoms with Gasteiger partial charge in [-0.25, -0.2) is 0 Å². The molecule has 1 aliphatic heterocycles. The Hall–Kier alpha value is -2.18. The molecule has 23 heavy (non-hydrogen) atoms. The Morgan fingerprint density at radius 2 is 2.17 bits per heavy atom. The molecule has 0 radical (unpaired) electrons. The van der Waals surface area contributed by atoms with E-state index in [9.17, 15) is 18.4 Å². The maximum atomic E-state index is 12.2. The van der Waals surface area contributed by atoms with E-state index in [0.717, 1.165) is 5.56 Å². The molecule has 1 saturated heterocycles. The van der Waals surface area contributed by atoms with Crippen molar-refractivity contribution in [1.82, 2.24) is 4.90 Å². The van der Waals surface area contributed by atoms with Gasteiger partial charge in [0.05, 0.1) is 5.41 Å². The number of hydrogen-bond acceptors (Lipinski definition) is 3. The highest BCUT2D eigenvalue weighted by Crippen LogP contribution is 2.30. The van der Waals surface area contributed by atoms with Crippen molar-refractivity contribution >= 4 is 11.9 Å². The second-order valence-corrected chi connectivity index (χ2v) is 5.96. The Bertz CT molecular complexity index is 593. The standard InChI is InChI=1S/C16H19F2NO4/c1-16(14(21)22)7-8-19(10-16)13(20)6-5-11-3-2-4-12(9-11)23-15(17)18/h2-4,9,15H,5-8,10H2,1H3,(H,21,22). The van der Waals surface area contributed by atoms with Crippen LogP contribution >= 0.6 is 0 Å². The molecule has 126 valence electrons. The van der Waals surface area contributed by atoms with Crippen LogP contribution < -0.4 is 4.74 Å². The zero-order valence-electron chi connectivity index (χ0n) is 12.8. The number of carbonyl (C=O) groups is 2. The Morgan fingerprint density at radius 1 is 1.43 bits per heavy atom. The molecule has 1 aliphatic rings. The van der Waals surface area contributed by atoms with E-state index in [-0.39, 0.29) is 24.6 Å². The number of carboxylic acids is 1. The van der Waals surface area contributed by atoms with E-state index < -0.39 is 18.0 Å². The average molecular weight is 327 g/mol. The van der Waals surface area contributed by atoms with Crippen molar-refractivity contribution in [2.45, 2.75) is 32.8 Å². The third-order valence-corrected chi connectivity index (χ3v) is 4.09. The largest absolute Gasteiger partial charge is 0.481 e. The summed E-state index contributed by atoms with van der Waals surface area (Å²) in [7, 11) is 0. The molecule has 0 bridgehead atoms. The lowest BCUT2D eigenvalue weighted by molar-refractivity contribution is -0.147. The zero-order valence-corrected chi connectivity index (χ0v) is 12.8. The van der Waals surface area contributed by atoms with E-state index in [1.165, 1.54) is 12.1 Å². The number of halogens is 2. The van der Waals surface area contributed by atoms with Crippen LogP contribution in [0.5, 0.6) is 5.75 Å². The fourth-order valence-electron chi connectivity index (χ4n) is 2.64. The van der Waals surface area contributed by atoms with Gasteiger partial charge in [-0.05, 0) is 37.5 Å². The molecule has 1 unspecified atom stereocenters. The minimum absolute atomic E-state index is 0.0598. The number of aryl methyl sites for hydroxylation is 1. The fourth-order valence-corrected chi connectivity index (χ4v) is 2.64. The monoisotopic (exact) mass is 327 g/mol. The van der Waals surface area contributed by atoms with E-state index in [1.54, 1.807) is 24.0 Å². The van der Waals surface area contributed by atoms with Crippen LogP contribution in [0.25, 0.3) is 0 Å². The predicted molar refractivity (Wildman–Crippen MR) is 78.3 cm³/mol. The molecule has 2 rings (SSSR count). The van der Waals surface area contributed by atoms with Crippen LogP contribution in [0, 0.1) is 5.41 Å². The van der Waals surface area contributed by atoms with Crippen molar-refractivity contribution in [3.8, 4) is 5.75 Å². The van der Waals surface area contributed by atoms with Crippen LogP contribution in [0.3, 0.4) is 0 Å². The molecule has 1 heterocycles. The van der Waals surface area contributed by atoms with Crippen molar-refractivity contribution in [3.63, 3.8) is 0 Å². The van der Waals surface area contributed by atoms with Gasteiger partial charge in [-0.15, -0.1) is 0 Å². The highest BCUT2D eigenvalue weighted by molar-refractivity contribution is 5.80. The topological polar surface area (TPSA) is 66.8 Å². The van der Waals surface area contributed by atoms with Crippen LogP contribution in [-0.4, -0.2) is 41.6 Å². The Balaban J connectivity index is 1.89. The SMILES string of the molecule is CC1(C(=O)O)CCN(C(=O)CCc2cccc(OC(F)F)c2)C1. The molecule has 1 aromatic carbocycles. The number of carbonyl (C=O) groups excluding carboxylic acids is 1. The number of alkyl halides is 2. The highest BCUT2D eigenvalue weighted by Gasteiger charge is 2.41. The highest BCUT2D eigenvalue weighted by atomic mass is 19.3. The quantitative estimate of drug-likeness (QED) is 0.872. The molecule has 7 heteroatoms. The number of amides is 1. The lowest BCUT2D eigenvalue weighted by atomic mass is 9.90. The molecule has 0 aromatic heterocycles. The molecule has 0 saturated carbocycles. The fraction of sp³-hybridized carbons (Fsp3) is 0.500. The summed E-state index contributed by atoms with van der Waals surface area (Å²) in [5.41, 5.74) is -0.169. The van der Waals surface area contributed by atoms with Crippen molar-refractivity contribution in [2.75, 3.05) is 13.1 Å². The van der Waals surface area contributed by atoms with Gasteiger partial charge in [0, 0.05) is 19.5 Å². The zero-order chi connectivity index (χ0) is 17.0. The normalized spacial score (nSPS) is 20.8. The van der Waals surface area contributed by atoms with Crippen LogP contribution in [0.1, 0.15) is 25.3 Å². The molecule has 5 nitrogen and oxygen atoms in total. The van der Waals surface area contributed by atoms with Gasteiger partial charge >= 0.3 is 12.6 Å². The van der Waals surface area contributed by atoms with Gasteiger partial charge in [0.25, 0.3) is 0 Å². The molecular weight excluding hydrogens is 308 g/mol. The maximum Gasteiger partial charge on any atom is 0.387 e. The van der Waals surface area contributed by atoms with Gasteiger partial charge in [0.2, 0.25) is 5.91 Å². The number of ether oxygens (including phenoxy) is 1. The van der Waals surface area contributed by atoms with E-state index >= 15 is 0 Å². The molecule has 1 N–H and O–H groups in total. The summed E-state index contributed by atoms with van der Waals surface area (Å²) in [6, 6.07) is 6.23. The third kappa shape index (κ3) is 4.40. The summed E-state index contributed by atoms with van der Waals surface area (Å²) in [5, 5.41) is 9.17. The number of carboxylic acid groups (broad SMARTS) is 1. The first kappa shape index (κ1) is 17.2. The maximum absolute atomic E-state index is 12.2. The molecule has 1 atom stereocenters. The van der Waals surface area contributed by atoms with Gasteiger partial charge in [-0.1, -0.05) is 12.1 Å². The number of benzene rings is 1. The predicted octanol–water partition coefficient (Wildman–Crippen LogP) is 2.54. The van der Waals surface area contributed by atoms with Gasteiger partial charge in [-0.2, -0.15) is 8.78 Å². The number of likely N-dealkylation sites (tertiary alicyclic amines) is 1. The van der Waals surface area contributed by atoms with E-state index in [2.05, 4.69) is 4.74 Å². The molecule has 1 amide bonds. The first-order valence-corrected chi connectivity index (χ1v) is 7.35. The van der Waals surface area contributed by atoms with Gasteiger partial charge in [-0.3, -0.25) is 9.59 Å². The Kier molecular flexibility index (Phi) is 5.18. The second-order valence-electron chi connectivity index (χ2n) is 5.96. The number of aliphatic carboxylic acids is 1. The van der Waals surface area contributed by atoms with Crippen LogP contribution in [0.4, 0.5) is 8.78 Å². The summed E-state index contributed by atoms with van der Waals surface area (Å²) >= 11 is 0. The molecule has 1 aromatic rings. The van der Waals surface area contributed by atoms with E-state index in [1.807, 2.05) is 0 Å². The minimum atomic E-state index is -2.88. The van der Waals surface area contributed by atoms with E-state index in [4.69, 9.17) is 5.11 Å². The summed E-state index contributed by atoms with van der Waals surface area (Å²) in [6.07, 6.45) is 1.03. The van der Waals surface area contributed by atoms with Crippen molar-refractivity contribution in [2.24, 2.45) is 5.41 Å². The minimum Gasteiger partial charge on any atom is -0.481 e. The average Bonchev–Trinajstić information content (AvgIpc) is 2.89. The molecule has 1 fully saturated rings. The Labute approximate surface area is 132 Å². The van der Waals surface area contributed by atoms with Crippen LogP contribution in [0.2, 0.25) is 0 Å². The number of hydrogen-bond donors (Lipinski definition) is 1. The molecule has 0 spiro atoms. The van der Waals surface area contributed by atoms with E-state index in [0.29, 0.717) is 19.4 Å². The van der Waals surface area contributed by atoms with Gasteiger partial charge < -0.3 is 14.7 Å². The van der Waals surface area contributed by atoms with Crippen molar-refractivity contribution in [3.05, 3.63) is 29.8 Å². The van der Waals surface area contributed by atoms with Crippen molar-refractivity contribution in [1.29, 1.82) is 0 Å². The lowest BCUT2D eigenvalue weighted by Crippen LogP contribution is -2.34. The summed E-state index contributed by atoms with van der Waals surface area (Å²) in [6.45, 7) is -0.621.